The van der Waals surface area contributed by atoms with Gasteiger partial charge in [0.25, 0.3) is 0 Å². The topological polar surface area (TPSA) is 69.0 Å². The highest BCUT2D eigenvalue weighted by Crippen LogP contribution is 2.48. The van der Waals surface area contributed by atoms with Gasteiger partial charge in [0, 0.05) is 54.6 Å². The number of ketones is 1. The van der Waals surface area contributed by atoms with Crippen molar-refractivity contribution in [2.24, 2.45) is 5.41 Å². The van der Waals surface area contributed by atoms with Crippen molar-refractivity contribution < 1.29 is 14.0 Å². The van der Waals surface area contributed by atoms with Gasteiger partial charge in [0.2, 0.25) is 5.91 Å². The molecule has 3 heterocycles. The molecular formula is C32H35ClN4O3. The number of aryl methyl sites for hydroxylation is 1. The van der Waals surface area contributed by atoms with Crippen LogP contribution < -0.4 is 15.1 Å². The zero-order chi connectivity index (χ0) is 28.0. The quantitative estimate of drug-likeness (QED) is 0.411. The number of Topliss-reactive ketones (excluding diaryl/α,β-unsaturated/α-hetero) is 1. The number of allylic oxidation sites excluding steroid dienone is 1. The molecule has 0 bridgehead atoms. The molecule has 3 aliphatic rings. The maximum absolute atomic E-state index is 13.9. The van der Waals surface area contributed by atoms with Gasteiger partial charge in [-0.2, -0.15) is 0 Å². The lowest BCUT2D eigenvalue weighted by molar-refractivity contribution is -0.130. The lowest BCUT2D eigenvalue weighted by Crippen LogP contribution is -2.52. The number of amides is 1. The fourth-order valence-corrected chi connectivity index (χ4v) is 6.36. The van der Waals surface area contributed by atoms with Gasteiger partial charge in [-0.25, -0.2) is 0 Å². The van der Waals surface area contributed by atoms with E-state index in [0.29, 0.717) is 35.9 Å². The molecular weight excluding hydrogens is 524 g/mol. The summed E-state index contributed by atoms with van der Waals surface area (Å²) in [5, 5.41) is 4.31. The Hall–Kier alpha value is -3.71. The number of halogens is 1. The smallest absolute Gasteiger partial charge is 0.242 e. The van der Waals surface area contributed by atoms with E-state index in [0.717, 1.165) is 48.0 Å². The van der Waals surface area contributed by atoms with E-state index in [1.807, 2.05) is 72.5 Å². The van der Waals surface area contributed by atoms with Crippen molar-refractivity contribution in [2.45, 2.75) is 39.7 Å². The summed E-state index contributed by atoms with van der Waals surface area (Å²) >= 11 is 6.07. The summed E-state index contributed by atoms with van der Waals surface area (Å²) in [6.45, 7) is 9.04. The van der Waals surface area contributed by atoms with E-state index in [4.69, 9.17) is 16.0 Å². The molecule has 1 aliphatic carbocycles. The van der Waals surface area contributed by atoms with Crippen molar-refractivity contribution in [3.8, 4) is 0 Å². The summed E-state index contributed by atoms with van der Waals surface area (Å²) in [6.07, 6.45) is 1.20. The summed E-state index contributed by atoms with van der Waals surface area (Å²) in [6, 6.07) is 19.2. The number of carbonyl (C=O) groups excluding carboxylic acids is 2. The number of carbonyl (C=O) groups is 2. The summed E-state index contributed by atoms with van der Waals surface area (Å²) < 4.78 is 6.17. The number of anilines is 3. The van der Waals surface area contributed by atoms with Gasteiger partial charge in [0.1, 0.15) is 17.6 Å². The Morgan fingerprint density at radius 3 is 2.42 bits per heavy atom. The third-order valence-electron chi connectivity index (χ3n) is 8.16. The highest BCUT2D eigenvalue weighted by molar-refractivity contribution is 6.30. The molecule has 3 aromatic rings. The predicted octanol–water partition coefficient (Wildman–Crippen LogP) is 6.21. The Kier molecular flexibility index (Phi) is 6.87. The van der Waals surface area contributed by atoms with E-state index < -0.39 is 6.04 Å². The van der Waals surface area contributed by atoms with Crippen molar-refractivity contribution in [3.63, 3.8) is 0 Å². The number of furan rings is 1. The van der Waals surface area contributed by atoms with Crippen LogP contribution in [0.1, 0.15) is 44.3 Å². The van der Waals surface area contributed by atoms with Crippen LogP contribution in [0.4, 0.5) is 17.1 Å². The second-order valence-electron chi connectivity index (χ2n) is 11.8. The average molecular weight is 559 g/mol. The zero-order valence-corrected chi connectivity index (χ0v) is 24.0. The molecule has 1 amide bonds. The van der Waals surface area contributed by atoms with E-state index in [1.165, 1.54) is 0 Å². The first-order chi connectivity index (χ1) is 19.2. The SMILES string of the molecule is Cc1ccc(C2C3=C(CC(C)(C)CC3=O)Nc3ccccc3N2CC(=O)N2CCN(c3ccc(Cl)cc3)CC2)o1. The van der Waals surface area contributed by atoms with Crippen LogP contribution in [0.15, 0.2) is 76.4 Å². The molecule has 208 valence electrons. The minimum Gasteiger partial charge on any atom is -0.464 e. The van der Waals surface area contributed by atoms with E-state index in [9.17, 15) is 9.59 Å². The molecule has 1 fully saturated rings. The fraction of sp³-hybridized carbons (Fsp3) is 0.375. The van der Waals surface area contributed by atoms with Gasteiger partial charge in [-0.15, -0.1) is 0 Å². The van der Waals surface area contributed by atoms with E-state index in [2.05, 4.69) is 29.0 Å². The van der Waals surface area contributed by atoms with Crippen LogP contribution in [0.25, 0.3) is 0 Å². The largest absolute Gasteiger partial charge is 0.464 e. The van der Waals surface area contributed by atoms with Gasteiger partial charge < -0.3 is 24.4 Å². The molecule has 1 N–H and O–H groups in total. The Morgan fingerprint density at radius 1 is 1.00 bits per heavy atom. The first-order valence-corrected chi connectivity index (χ1v) is 14.3. The molecule has 0 spiro atoms. The Labute approximate surface area is 240 Å². The van der Waals surface area contributed by atoms with Crippen molar-refractivity contribution in [3.05, 3.63) is 88.5 Å². The lowest BCUT2D eigenvalue weighted by Gasteiger charge is -2.39. The maximum atomic E-state index is 13.9. The van der Waals surface area contributed by atoms with E-state index >= 15 is 0 Å². The number of para-hydroxylation sites is 2. The van der Waals surface area contributed by atoms with Crippen molar-refractivity contribution in [2.75, 3.05) is 47.8 Å². The van der Waals surface area contributed by atoms with Crippen LogP contribution in [-0.2, 0) is 9.59 Å². The molecule has 7 nitrogen and oxygen atoms in total. The van der Waals surface area contributed by atoms with E-state index in [1.54, 1.807) is 0 Å². The second-order valence-corrected chi connectivity index (χ2v) is 12.2. The first kappa shape index (κ1) is 26.5. The highest BCUT2D eigenvalue weighted by Gasteiger charge is 2.43. The number of nitrogens with zero attached hydrogens (tertiary/aromatic N) is 3. The molecule has 2 aliphatic heterocycles. The minimum absolute atomic E-state index is 0.0338. The van der Waals surface area contributed by atoms with Crippen LogP contribution in [-0.4, -0.2) is 49.3 Å². The van der Waals surface area contributed by atoms with Crippen molar-refractivity contribution in [1.82, 2.24) is 4.90 Å². The fourth-order valence-electron chi connectivity index (χ4n) is 6.24. The Balaban J connectivity index is 1.32. The van der Waals surface area contributed by atoms with Gasteiger partial charge in [0.15, 0.2) is 5.78 Å². The molecule has 2 aromatic carbocycles. The zero-order valence-electron chi connectivity index (χ0n) is 23.2. The molecule has 8 heteroatoms. The van der Waals surface area contributed by atoms with Crippen LogP contribution in [0.2, 0.25) is 5.02 Å². The number of fused-ring (bicyclic) bond motifs is 1. The molecule has 1 atom stereocenters. The first-order valence-electron chi connectivity index (χ1n) is 13.9. The second kappa shape index (κ2) is 10.4. The highest BCUT2D eigenvalue weighted by atomic mass is 35.5. The van der Waals surface area contributed by atoms with E-state index in [-0.39, 0.29) is 23.7 Å². The Morgan fingerprint density at radius 2 is 1.73 bits per heavy atom. The van der Waals surface area contributed by atoms with Gasteiger partial charge in [0.05, 0.1) is 17.9 Å². The molecule has 1 unspecified atom stereocenters. The predicted molar refractivity (Wildman–Crippen MR) is 159 cm³/mol. The molecule has 1 saturated heterocycles. The number of piperazine rings is 1. The summed E-state index contributed by atoms with van der Waals surface area (Å²) in [5.41, 5.74) is 4.34. The maximum Gasteiger partial charge on any atom is 0.242 e. The summed E-state index contributed by atoms with van der Waals surface area (Å²) in [5.74, 6) is 1.58. The van der Waals surface area contributed by atoms with Gasteiger partial charge in [-0.3, -0.25) is 9.59 Å². The summed E-state index contributed by atoms with van der Waals surface area (Å²) in [4.78, 5) is 34.0. The third-order valence-corrected chi connectivity index (χ3v) is 8.42. The molecule has 40 heavy (non-hydrogen) atoms. The van der Waals surface area contributed by atoms with Gasteiger partial charge >= 0.3 is 0 Å². The number of hydrogen-bond acceptors (Lipinski definition) is 6. The third kappa shape index (κ3) is 5.10. The standard InChI is InChI=1S/C32H35ClN4O3/c1-21-8-13-28(40-21)31-30-25(18-32(2,3)19-27(30)38)34-24-6-4-5-7-26(24)37(31)20-29(39)36-16-14-35(15-17-36)23-11-9-22(33)10-12-23/h4-13,31,34H,14-20H2,1-3H3. The van der Waals surface area contributed by atoms with Crippen LogP contribution >= 0.6 is 11.6 Å². The van der Waals surface area contributed by atoms with Crippen LogP contribution in [0.3, 0.4) is 0 Å². The molecule has 6 rings (SSSR count). The molecule has 0 radical (unpaired) electrons. The summed E-state index contributed by atoms with van der Waals surface area (Å²) in [7, 11) is 0. The van der Waals surface area contributed by atoms with Crippen LogP contribution in [0, 0.1) is 12.3 Å². The number of rotatable bonds is 4. The lowest BCUT2D eigenvalue weighted by atomic mass is 9.74. The van der Waals surface area contributed by atoms with Gasteiger partial charge in [-0.1, -0.05) is 37.6 Å². The molecule has 0 saturated carbocycles. The average Bonchev–Trinajstić information content (AvgIpc) is 3.30. The molecule has 1 aromatic heterocycles. The number of nitrogens with one attached hydrogen (secondary N) is 1. The van der Waals surface area contributed by atoms with Gasteiger partial charge in [-0.05, 0) is 67.3 Å². The van der Waals surface area contributed by atoms with Crippen molar-refractivity contribution in [1.29, 1.82) is 0 Å². The van der Waals surface area contributed by atoms with Crippen LogP contribution in [0.5, 0.6) is 0 Å². The normalized spacial score (nSPS) is 20.6. The minimum atomic E-state index is -0.497. The Bertz CT molecular complexity index is 1470. The number of hydrogen-bond donors (Lipinski definition) is 1. The monoisotopic (exact) mass is 558 g/mol. The van der Waals surface area contributed by atoms with Crippen molar-refractivity contribution >= 4 is 40.4 Å². The number of benzene rings is 2.